The first-order chi connectivity index (χ1) is 13.9. The molecule has 1 aliphatic heterocycles. The summed E-state index contributed by atoms with van der Waals surface area (Å²) in [7, 11) is 0. The monoisotopic (exact) mass is 425 g/mol. The van der Waals surface area contributed by atoms with Crippen molar-refractivity contribution in [3.8, 4) is 11.5 Å². The van der Waals surface area contributed by atoms with Crippen LogP contribution in [0, 0.1) is 6.92 Å². The van der Waals surface area contributed by atoms with Gasteiger partial charge in [-0.2, -0.15) is 0 Å². The van der Waals surface area contributed by atoms with Crippen LogP contribution in [-0.4, -0.2) is 16.7 Å². The number of hydrogen-bond acceptors (Lipinski definition) is 5. The van der Waals surface area contributed by atoms with Crippen molar-refractivity contribution >= 4 is 41.0 Å². The molecule has 0 saturated carbocycles. The number of carbonyl (C=O) groups is 2. The highest BCUT2D eigenvalue weighted by Gasteiger charge is 2.30. The molecule has 0 N–H and O–H groups in total. The maximum atomic E-state index is 12.7. The molecule has 1 aliphatic rings. The van der Waals surface area contributed by atoms with Crippen LogP contribution in [0.1, 0.15) is 31.8 Å². The molecule has 1 aromatic heterocycles. The van der Waals surface area contributed by atoms with E-state index in [0.29, 0.717) is 43.8 Å². The molecule has 0 unspecified atom stereocenters. The van der Waals surface area contributed by atoms with Crippen molar-refractivity contribution in [1.82, 2.24) is 4.98 Å². The number of carbonyl (C=O) groups excluding carboxylic acids is 2. The third-order valence-corrected chi connectivity index (χ3v) is 5.12. The lowest BCUT2D eigenvalue weighted by Crippen LogP contribution is -2.09. The van der Waals surface area contributed by atoms with Crippen molar-refractivity contribution in [3.63, 3.8) is 0 Å². The Hall–Kier alpha value is -3.15. The Morgan fingerprint density at radius 2 is 1.97 bits per heavy atom. The van der Waals surface area contributed by atoms with Gasteiger partial charge in [-0.1, -0.05) is 29.3 Å². The number of pyridine rings is 1. The number of fused-ring (bicyclic) bond motifs is 1. The Morgan fingerprint density at radius 3 is 2.69 bits per heavy atom. The molecule has 5 nitrogen and oxygen atoms in total. The summed E-state index contributed by atoms with van der Waals surface area (Å²) in [5, 5.41) is 0.802. The van der Waals surface area contributed by atoms with Crippen molar-refractivity contribution < 1.29 is 19.1 Å². The smallest absolute Gasteiger partial charge is 0.345 e. The molecular formula is C22H13Cl2NO4. The molecule has 0 atom stereocenters. The Labute approximate surface area is 176 Å². The van der Waals surface area contributed by atoms with Crippen LogP contribution >= 0.6 is 23.2 Å². The Kier molecular flexibility index (Phi) is 5.09. The molecule has 4 rings (SSSR count). The van der Waals surface area contributed by atoms with Crippen LogP contribution in [0.2, 0.25) is 10.0 Å². The van der Waals surface area contributed by atoms with Gasteiger partial charge < -0.3 is 9.47 Å². The quantitative estimate of drug-likeness (QED) is 0.313. The highest BCUT2D eigenvalue weighted by Crippen LogP contribution is 2.39. The number of halogens is 2. The van der Waals surface area contributed by atoms with Gasteiger partial charge in [-0.15, -0.1) is 0 Å². The van der Waals surface area contributed by atoms with E-state index in [2.05, 4.69) is 4.98 Å². The van der Waals surface area contributed by atoms with Gasteiger partial charge in [-0.05, 0) is 55.0 Å². The van der Waals surface area contributed by atoms with Crippen molar-refractivity contribution in [3.05, 3.63) is 92.9 Å². The lowest BCUT2D eigenvalue weighted by molar-refractivity contribution is 0.0732. The predicted octanol–water partition coefficient (Wildman–Crippen LogP) is 5.53. The molecule has 0 amide bonds. The van der Waals surface area contributed by atoms with E-state index in [1.165, 1.54) is 6.20 Å². The highest BCUT2D eigenvalue weighted by atomic mass is 35.5. The molecular weight excluding hydrogens is 413 g/mol. The number of hydrogen-bond donors (Lipinski definition) is 0. The molecule has 0 bridgehead atoms. The van der Waals surface area contributed by atoms with Crippen LogP contribution in [0.4, 0.5) is 0 Å². The number of benzene rings is 2. The normalized spacial score (nSPS) is 13.9. The Morgan fingerprint density at radius 1 is 1.14 bits per heavy atom. The SMILES string of the molecule is Cc1c(OC(=O)c2cccnc2)ccc2c1O/C(=C\c1ccc(Cl)c(Cl)c1)C2=O. The van der Waals surface area contributed by atoms with Gasteiger partial charge in [0.1, 0.15) is 11.5 Å². The fourth-order valence-corrected chi connectivity index (χ4v) is 3.18. The minimum atomic E-state index is -0.544. The van der Waals surface area contributed by atoms with Crippen LogP contribution in [0.5, 0.6) is 11.5 Å². The first kappa shape index (κ1) is 19.2. The van der Waals surface area contributed by atoms with E-state index in [1.54, 1.807) is 61.7 Å². The summed E-state index contributed by atoms with van der Waals surface area (Å²) in [6, 6.07) is 11.4. The van der Waals surface area contributed by atoms with Gasteiger partial charge in [0.05, 0.1) is 21.2 Å². The lowest BCUT2D eigenvalue weighted by atomic mass is 10.1. The zero-order valence-corrected chi connectivity index (χ0v) is 16.6. The number of ether oxygens (including phenoxy) is 2. The van der Waals surface area contributed by atoms with Crippen LogP contribution < -0.4 is 9.47 Å². The number of esters is 1. The van der Waals surface area contributed by atoms with Crippen LogP contribution in [0.15, 0.2) is 60.6 Å². The summed E-state index contributed by atoms with van der Waals surface area (Å²) in [6.07, 6.45) is 4.58. The summed E-state index contributed by atoms with van der Waals surface area (Å²) in [4.78, 5) is 28.9. The molecule has 2 heterocycles. The van der Waals surface area contributed by atoms with Gasteiger partial charge >= 0.3 is 5.97 Å². The first-order valence-electron chi connectivity index (χ1n) is 8.59. The third-order valence-electron chi connectivity index (χ3n) is 4.38. The maximum Gasteiger partial charge on any atom is 0.345 e. The molecule has 7 heteroatoms. The first-order valence-corrected chi connectivity index (χ1v) is 9.35. The maximum absolute atomic E-state index is 12.7. The van der Waals surface area contributed by atoms with Crippen molar-refractivity contribution in [2.75, 3.05) is 0 Å². The van der Waals surface area contributed by atoms with Crippen LogP contribution in [0.3, 0.4) is 0 Å². The van der Waals surface area contributed by atoms with Gasteiger partial charge in [-0.3, -0.25) is 9.78 Å². The average Bonchev–Trinajstić information content (AvgIpc) is 3.04. The summed E-state index contributed by atoms with van der Waals surface area (Å²) >= 11 is 12.0. The molecule has 0 saturated heterocycles. The summed E-state index contributed by atoms with van der Waals surface area (Å²) in [5.41, 5.74) is 1.95. The minimum Gasteiger partial charge on any atom is -0.452 e. The van der Waals surface area contributed by atoms with E-state index >= 15 is 0 Å². The van der Waals surface area contributed by atoms with Gasteiger partial charge in [-0.25, -0.2) is 4.79 Å². The minimum absolute atomic E-state index is 0.150. The highest BCUT2D eigenvalue weighted by molar-refractivity contribution is 6.42. The number of aromatic nitrogens is 1. The fourth-order valence-electron chi connectivity index (χ4n) is 2.87. The number of Topliss-reactive ketones (excluding diaryl/α,β-unsaturated/α-hetero) is 1. The molecule has 0 aliphatic carbocycles. The molecule has 0 radical (unpaired) electrons. The average molecular weight is 426 g/mol. The zero-order chi connectivity index (χ0) is 20.5. The zero-order valence-electron chi connectivity index (χ0n) is 15.1. The fraction of sp³-hybridized carbons (Fsp3) is 0.0455. The molecule has 29 heavy (non-hydrogen) atoms. The van der Waals surface area contributed by atoms with Gasteiger partial charge in [0.15, 0.2) is 5.76 Å². The van der Waals surface area contributed by atoms with Crippen molar-refractivity contribution in [2.45, 2.75) is 6.92 Å². The number of ketones is 1. The second-order valence-electron chi connectivity index (χ2n) is 6.31. The molecule has 0 spiro atoms. The summed E-state index contributed by atoms with van der Waals surface area (Å²) in [6.45, 7) is 1.72. The second-order valence-corrected chi connectivity index (χ2v) is 7.12. The van der Waals surface area contributed by atoms with Crippen molar-refractivity contribution in [1.29, 1.82) is 0 Å². The molecule has 2 aromatic carbocycles. The molecule has 144 valence electrons. The third kappa shape index (κ3) is 3.75. The number of nitrogens with zero attached hydrogens (tertiary/aromatic N) is 1. The van der Waals surface area contributed by atoms with E-state index in [9.17, 15) is 9.59 Å². The summed E-state index contributed by atoms with van der Waals surface area (Å²) in [5.74, 6) is 0.00701. The van der Waals surface area contributed by atoms with Crippen molar-refractivity contribution in [2.24, 2.45) is 0 Å². The van der Waals surface area contributed by atoms with E-state index in [1.807, 2.05) is 0 Å². The van der Waals surface area contributed by atoms with Gasteiger partial charge in [0, 0.05) is 18.0 Å². The Bertz CT molecular complexity index is 1170. The lowest BCUT2D eigenvalue weighted by Gasteiger charge is -2.10. The van der Waals surface area contributed by atoms with Gasteiger partial charge in [0.25, 0.3) is 0 Å². The van der Waals surface area contributed by atoms with Crippen LogP contribution in [0.25, 0.3) is 6.08 Å². The summed E-state index contributed by atoms with van der Waals surface area (Å²) < 4.78 is 11.2. The molecule has 3 aromatic rings. The largest absolute Gasteiger partial charge is 0.452 e. The predicted molar refractivity (Wildman–Crippen MR) is 110 cm³/mol. The van der Waals surface area contributed by atoms with E-state index in [-0.39, 0.29) is 11.5 Å². The molecule has 0 fully saturated rings. The standard InChI is InChI=1S/C22H13Cl2NO4/c1-12-18(29-22(27)14-3-2-8-25-11-14)7-5-15-20(26)19(28-21(12)15)10-13-4-6-16(23)17(24)9-13/h2-11H,1H3/b19-10-. The van der Waals surface area contributed by atoms with Crippen LogP contribution in [-0.2, 0) is 0 Å². The number of rotatable bonds is 3. The van der Waals surface area contributed by atoms with E-state index in [0.717, 1.165) is 0 Å². The topological polar surface area (TPSA) is 65.5 Å². The number of allylic oxidation sites excluding steroid dienone is 1. The van der Waals surface area contributed by atoms with E-state index < -0.39 is 5.97 Å². The second kappa shape index (κ2) is 7.70. The van der Waals surface area contributed by atoms with Gasteiger partial charge in [0.2, 0.25) is 5.78 Å². The van der Waals surface area contributed by atoms with E-state index in [4.69, 9.17) is 32.7 Å². The Balaban J connectivity index is 1.62.